The van der Waals surface area contributed by atoms with Crippen molar-refractivity contribution in [2.45, 2.75) is 20.5 Å². The van der Waals surface area contributed by atoms with Gasteiger partial charge in [0.05, 0.1) is 18.4 Å². The summed E-state index contributed by atoms with van der Waals surface area (Å²) in [6.07, 6.45) is 1.50. The number of methoxy groups -OCH3 is 1. The van der Waals surface area contributed by atoms with Gasteiger partial charge < -0.3 is 9.47 Å². The van der Waals surface area contributed by atoms with Crippen LogP contribution in [0.25, 0.3) is 0 Å². The highest BCUT2D eigenvalue weighted by atomic mass is 16.5. The smallest absolute Gasteiger partial charge is 0.339 e. The van der Waals surface area contributed by atoms with E-state index in [-0.39, 0.29) is 5.97 Å². The molecule has 0 fully saturated rings. The highest BCUT2D eigenvalue weighted by Crippen LogP contribution is 2.23. The van der Waals surface area contributed by atoms with Crippen LogP contribution in [0.3, 0.4) is 0 Å². The lowest BCUT2D eigenvalue weighted by molar-refractivity contribution is 0.0600. The highest BCUT2D eigenvalue weighted by Gasteiger charge is 2.07. The standard InChI is InChI=1S/C16H17NO3/c1-11-5-4-6-12(2)15(11)20-10-14-8-7-13(9-17-14)16(18)19-3/h4-9H,10H2,1-3H3. The minimum absolute atomic E-state index is 0.368. The van der Waals surface area contributed by atoms with E-state index in [2.05, 4.69) is 9.72 Å². The van der Waals surface area contributed by atoms with Crippen LogP contribution in [-0.4, -0.2) is 18.1 Å². The molecule has 0 aliphatic heterocycles. The van der Waals surface area contributed by atoms with E-state index in [1.54, 1.807) is 12.1 Å². The second-order valence-electron chi connectivity index (χ2n) is 4.54. The van der Waals surface area contributed by atoms with Gasteiger partial charge in [0.1, 0.15) is 12.4 Å². The quantitative estimate of drug-likeness (QED) is 0.802. The maximum atomic E-state index is 11.3. The van der Waals surface area contributed by atoms with E-state index in [4.69, 9.17) is 4.74 Å². The van der Waals surface area contributed by atoms with E-state index >= 15 is 0 Å². The number of benzene rings is 1. The molecule has 0 atom stereocenters. The number of aromatic nitrogens is 1. The van der Waals surface area contributed by atoms with Crippen LogP contribution in [0.5, 0.6) is 5.75 Å². The molecule has 0 saturated carbocycles. The lowest BCUT2D eigenvalue weighted by Gasteiger charge is -2.11. The van der Waals surface area contributed by atoms with Crippen LogP contribution in [0.2, 0.25) is 0 Å². The van der Waals surface area contributed by atoms with Gasteiger partial charge in [-0.2, -0.15) is 0 Å². The van der Waals surface area contributed by atoms with Gasteiger partial charge in [-0.05, 0) is 37.1 Å². The molecule has 1 aromatic heterocycles. The first-order chi connectivity index (χ1) is 9.61. The van der Waals surface area contributed by atoms with Crippen LogP contribution in [-0.2, 0) is 11.3 Å². The van der Waals surface area contributed by atoms with Crippen LogP contribution in [0, 0.1) is 13.8 Å². The second kappa shape index (κ2) is 6.19. The number of ether oxygens (including phenoxy) is 2. The number of carbonyl (C=O) groups is 1. The Hall–Kier alpha value is -2.36. The number of pyridine rings is 1. The Morgan fingerprint density at radius 1 is 1.15 bits per heavy atom. The van der Waals surface area contributed by atoms with E-state index in [1.807, 2.05) is 32.0 Å². The third-order valence-corrected chi connectivity index (χ3v) is 3.02. The van der Waals surface area contributed by atoms with Crippen LogP contribution in [0.1, 0.15) is 27.2 Å². The monoisotopic (exact) mass is 271 g/mol. The van der Waals surface area contributed by atoms with E-state index in [9.17, 15) is 4.79 Å². The van der Waals surface area contributed by atoms with Crippen LogP contribution < -0.4 is 4.74 Å². The van der Waals surface area contributed by atoms with Crippen molar-refractivity contribution in [1.82, 2.24) is 4.98 Å². The number of esters is 1. The molecule has 0 unspecified atom stereocenters. The van der Waals surface area contributed by atoms with Crippen molar-refractivity contribution >= 4 is 5.97 Å². The van der Waals surface area contributed by atoms with Crippen molar-refractivity contribution in [3.8, 4) is 5.75 Å². The fraction of sp³-hybridized carbons (Fsp3) is 0.250. The zero-order valence-electron chi connectivity index (χ0n) is 11.8. The van der Waals surface area contributed by atoms with Crippen molar-refractivity contribution in [3.63, 3.8) is 0 Å². The Morgan fingerprint density at radius 2 is 1.85 bits per heavy atom. The second-order valence-corrected chi connectivity index (χ2v) is 4.54. The molecule has 0 amide bonds. The largest absolute Gasteiger partial charge is 0.487 e. The topological polar surface area (TPSA) is 48.4 Å². The number of nitrogens with zero attached hydrogens (tertiary/aromatic N) is 1. The summed E-state index contributed by atoms with van der Waals surface area (Å²) in [5.74, 6) is 0.492. The first-order valence-electron chi connectivity index (χ1n) is 6.34. The average molecular weight is 271 g/mol. The van der Waals surface area contributed by atoms with Crippen molar-refractivity contribution in [2.24, 2.45) is 0 Å². The molecular weight excluding hydrogens is 254 g/mol. The summed E-state index contributed by atoms with van der Waals surface area (Å²) in [7, 11) is 1.35. The number of hydrogen-bond acceptors (Lipinski definition) is 4. The van der Waals surface area contributed by atoms with Gasteiger partial charge >= 0.3 is 5.97 Å². The van der Waals surface area contributed by atoms with E-state index in [1.165, 1.54) is 13.3 Å². The summed E-state index contributed by atoms with van der Waals surface area (Å²) in [5, 5.41) is 0. The molecule has 4 heteroatoms. The molecule has 0 aliphatic rings. The molecule has 2 aromatic rings. The Balaban J connectivity index is 2.06. The van der Waals surface area contributed by atoms with Crippen LogP contribution in [0.15, 0.2) is 36.5 Å². The van der Waals surface area contributed by atoms with Crippen molar-refractivity contribution in [1.29, 1.82) is 0 Å². The predicted octanol–water partition coefficient (Wildman–Crippen LogP) is 3.06. The number of rotatable bonds is 4. The van der Waals surface area contributed by atoms with E-state index in [0.29, 0.717) is 12.2 Å². The summed E-state index contributed by atoms with van der Waals surface area (Å²) in [4.78, 5) is 15.5. The van der Waals surface area contributed by atoms with Gasteiger partial charge in [0.15, 0.2) is 0 Å². The third-order valence-electron chi connectivity index (χ3n) is 3.02. The molecule has 0 spiro atoms. The van der Waals surface area contributed by atoms with Gasteiger partial charge in [0.25, 0.3) is 0 Å². The Bertz CT molecular complexity index is 585. The summed E-state index contributed by atoms with van der Waals surface area (Å²) < 4.78 is 10.4. The predicted molar refractivity (Wildman–Crippen MR) is 75.8 cm³/mol. The number of hydrogen-bond donors (Lipinski definition) is 0. The summed E-state index contributed by atoms with van der Waals surface area (Å²) in [6, 6.07) is 9.47. The molecule has 0 N–H and O–H groups in total. The van der Waals surface area contributed by atoms with Crippen LogP contribution in [0.4, 0.5) is 0 Å². The fourth-order valence-corrected chi connectivity index (χ4v) is 1.92. The SMILES string of the molecule is COC(=O)c1ccc(COc2c(C)cccc2C)nc1. The third kappa shape index (κ3) is 3.15. The molecule has 0 bridgehead atoms. The molecule has 104 valence electrons. The molecule has 0 saturated heterocycles. The van der Waals surface area contributed by atoms with Crippen molar-refractivity contribution in [3.05, 3.63) is 58.9 Å². The molecule has 2 rings (SSSR count). The van der Waals surface area contributed by atoms with Gasteiger partial charge in [0.2, 0.25) is 0 Å². The maximum absolute atomic E-state index is 11.3. The molecule has 1 aromatic carbocycles. The number of para-hydroxylation sites is 1. The van der Waals surface area contributed by atoms with Crippen molar-refractivity contribution in [2.75, 3.05) is 7.11 Å². The Kier molecular flexibility index (Phi) is 4.35. The number of aryl methyl sites for hydroxylation is 2. The molecule has 4 nitrogen and oxygen atoms in total. The van der Waals surface area contributed by atoms with Gasteiger partial charge in [-0.1, -0.05) is 18.2 Å². The summed E-state index contributed by atoms with van der Waals surface area (Å²) in [6.45, 7) is 4.39. The van der Waals surface area contributed by atoms with E-state index in [0.717, 1.165) is 22.6 Å². The minimum Gasteiger partial charge on any atom is -0.487 e. The minimum atomic E-state index is -0.389. The van der Waals surface area contributed by atoms with Gasteiger partial charge in [0, 0.05) is 6.20 Å². The van der Waals surface area contributed by atoms with Gasteiger partial charge in [-0.25, -0.2) is 4.79 Å². The molecule has 20 heavy (non-hydrogen) atoms. The molecule has 0 aliphatic carbocycles. The molecule has 0 radical (unpaired) electrons. The fourth-order valence-electron chi connectivity index (χ4n) is 1.92. The van der Waals surface area contributed by atoms with E-state index < -0.39 is 0 Å². The summed E-state index contributed by atoms with van der Waals surface area (Å²) in [5.41, 5.74) is 3.39. The van der Waals surface area contributed by atoms with Gasteiger partial charge in [-0.15, -0.1) is 0 Å². The zero-order valence-corrected chi connectivity index (χ0v) is 11.8. The summed E-state index contributed by atoms with van der Waals surface area (Å²) >= 11 is 0. The maximum Gasteiger partial charge on any atom is 0.339 e. The van der Waals surface area contributed by atoms with Crippen LogP contribution >= 0.6 is 0 Å². The first-order valence-corrected chi connectivity index (χ1v) is 6.34. The molecule has 1 heterocycles. The normalized spacial score (nSPS) is 10.2. The lowest BCUT2D eigenvalue weighted by Crippen LogP contribution is -2.04. The Labute approximate surface area is 118 Å². The highest BCUT2D eigenvalue weighted by molar-refractivity contribution is 5.88. The first kappa shape index (κ1) is 14.1. The van der Waals surface area contributed by atoms with Gasteiger partial charge in [-0.3, -0.25) is 4.98 Å². The number of carbonyl (C=O) groups excluding carboxylic acids is 1. The van der Waals surface area contributed by atoms with Crippen molar-refractivity contribution < 1.29 is 14.3 Å². The Morgan fingerprint density at radius 3 is 2.40 bits per heavy atom. The lowest BCUT2D eigenvalue weighted by atomic mass is 10.1. The zero-order chi connectivity index (χ0) is 14.5. The molecular formula is C16H17NO3. The average Bonchev–Trinajstić information content (AvgIpc) is 2.46.